The topological polar surface area (TPSA) is 43.8 Å². The van der Waals surface area contributed by atoms with Crippen LogP contribution in [0.2, 0.25) is 0 Å². The number of rotatable bonds is 1. The average molecular weight is 189 g/mol. The molecule has 0 bridgehead atoms. The second-order valence-corrected chi connectivity index (χ2v) is 3.77. The van der Waals surface area contributed by atoms with Crippen molar-refractivity contribution in [1.29, 1.82) is 0 Å². The normalized spacial score (nSPS) is 13.4. The van der Waals surface area contributed by atoms with Crippen LogP contribution in [-0.2, 0) is 7.05 Å². The third-order valence-electron chi connectivity index (χ3n) is 2.58. The van der Waals surface area contributed by atoms with E-state index in [1.54, 1.807) is 0 Å². The van der Waals surface area contributed by atoms with Crippen molar-refractivity contribution in [1.82, 2.24) is 9.78 Å². The highest BCUT2D eigenvalue weighted by atomic mass is 15.3. The highest BCUT2D eigenvalue weighted by Gasteiger charge is 2.06. The summed E-state index contributed by atoms with van der Waals surface area (Å²) in [7, 11) is 1.96. The maximum Gasteiger partial charge on any atom is 0.0682 e. The van der Waals surface area contributed by atoms with E-state index in [-0.39, 0.29) is 6.04 Å². The number of hydrogen-bond donors (Lipinski definition) is 1. The van der Waals surface area contributed by atoms with E-state index in [0.717, 1.165) is 16.8 Å². The summed E-state index contributed by atoms with van der Waals surface area (Å²) in [5, 5.41) is 5.56. The molecule has 2 aromatic rings. The van der Waals surface area contributed by atoms with Crippen LogP contribution < -0.4 is 5.73 Å². The van der Waals surface area contributed by atoms with E-state index >= 15 is 0 Å². The largest absolute Gasteiger partial charge is 0.324 e. The lowest BCUT2D eigenvalue weighted by Crippen LogP contribution is -2.04. The number of aromatic nitrogens is 2. The van der Waals surface area contributed by atoms with Gasteiger partial charge in [0.05, 0.1) is 11.2 Å². The van der Waals surface area contributed by atoms with Gasteiger partial charge in [-0.25, -0.2) is 0 Å². The SMILES string of the molecule is Cc1nn(C)c2ccc(C(C)N)cc12. The Morgan fingerprint density at radius 3 is 2.79 bits per heavy atom. The quantitative estimate of drug-likeness (QED) is 0.744. The molecule has 0 aliphatic heterocycles. The second-order valence-electron chi connectivity index (χ2n) is 3.77. The molecule has 1 atom stereocenters. The van der Waals surface area contributed by atoms with Crippen molar-refractivity contribution in [2.45, 2.75) is 19.9 Å². The molecule has 1 aromatic heterocycles. The summed E-state index contributed by atoms with van der Waals surface area (Å²) in [5.41, 5.74) is 9.21. The van der Waals surface area contributed by atoms with E-state index in [4.69, 9.17) is 5.73 Å². The minimum absolute atomic E-state index is 0.0824. The summed E-state index contributed by atoms with van der Waals surface area (Å²) in [6, 6.07) is 6.35. The van der Waals surface area contributed by atoms with Crippen LogP contribution in [0.5, 0.6) is 0 Å². The monoisotopic (exact) mass is 189 g/mol. The molecule has 0 aliphatic rings. The van der Waals surface area contributed by atoms with Crippen LogP contribution in [0.15, 0.2) is 18.2 Å². The second kappa shape index (κ2) is 3.10. The number of nitrogens with two attached hydrogens (primary N) is 1. The van der Waals surface area contributed by atoms with Crippen molar-refractivity contribution in [3.8, 4) is 0 Å². The highest BCUT2D eigenvalue weighted by Crippen LogP contribution is 2.21. The summed E-state index contributed by atoms with van der Waals surface area (Å²) in [6.07, 6.45) is 0. The Morgan fingerprint density at radius 1 is 1.43 bits per heavy atom. The molecular weight excluding hydrogens is 174 g/mol. The van der Waals surface area contributed by atoms with Crippen LogP contribution in [-0.4, -0.2) is 9.78 Å². The summed E-state index contributed by atoms with van der Waals surface area (Å²) in [6.45, 7) is 4.01. The molecule has 74 valence electrons. The first-order valence-corrected chi connectivity index (χ1v) is 4.78. The van der Waals surface area contributed by atoms with Crippen LogP contribution in [0, 0.1) is 6.92 Å². The van der Waals surface area contributed by atoms with Gasteiger partial charge in [0.2, 0.25) is 0 Å². The van der Waals surface area contributed by atoms with E-state index in [2.05, 4.69) is 23.3 Å². The molecule has 14 heavy (non-hydrogen) atoms. The highest BCUT2D eigenvalue weighted by molar-refractivity contribution is 5.82. The lowest BCUT2D eigenvalue weighted by molar-refractivity contribution is 0.783. The van der Waals surface area contributed by atoms with Crippen molar-refractivity contribution in [2.75, 3.05) is 0 Å². The average Bonchev–Trinajstić information content (AvgIpc) is 2.42. The smallest absolute Gasteiger partial charge is 0.0682 e. The number of nitrogens with zero attached hydrogens (tertiary/aromatic N) is 2. The van der Waals surface area contributed by atoms with Crippen LogP contribution in [0.4, 0.5) is 0 Å². The summed E-state index contributed by atoms with van der Waals surface area (Å²) in [4.78, 5) is 0. The van der Waals surface area contributed by atoms with Crippen molar-refractivity contribution >= 4 is 10.9 Å². The van der Waals surface area contributed by atoms with E-state index in [0.29, 0.717) is 0 Å². The molecule has 2 rings (SSSR count). The molecule has 3 nitrogen and oxygen atoms in total. The van der Waals surface area contributed by atoms with E-state index < -0.39 is 0 Å². The van der Waals surface area contributed by atoms with Crippen LogP contribution >= 0.6 is 0 Å². The van der Waals surface area contributed by atoms with E-state index in [1.807, 2.05) is 25.6 Å². The van der Waals surface area contributed by atoms with Gasteiger partial charge in [-0.05, 0) is 31.5 Å². The van der Waals surface area contributed by atoms with Gasteiger partial charge >= 0.3 is 0 Å². The third kappa shape index (κ3) is 1.30. The van der Waals surface area contributed by atoms with Crippen molar-refractivity contribution < 1.29 is 0 Å². The minimum Gasteiger partial charge on any atom is -0.324 e. The zero-order chi connectivity index (χ0) is 10.3. The van der Waals surface area contributed by atoms with Gasteiger partial charge in [-0.2, -0.15) is 5.10 Å². The maximum atomic E-state index is 5.83. The molecule has 3 heteroatoms. The molecule has 0 amide bonds. The predicted molar refractivity (Wildman–Crippen MR) is 58.1 cm³/mol. The summed E-state index contributed by atoms with van der Waals surface area (Å²) < 4.78 is 1.90. The Kier molecular flexibility index (Phi) is 2.04. The first-order chi connectivity index (χ1) is 6.59. The fraction of sp³-hybridized carbons (Fsp3) is 0.364. The standard InChI is InChI=1S/C11H15N3/c1-7(12)9-4-5-11-10(6-9)8(2)13-14(11)3/h4-7H,12H2,1-3H3. The fourth-order valence-corrected chi connectivity index (χ4v) is 1.74. The van der Waals surface area contributed by atoms with Crippen LogP contribution in [0.3, 0.4) is 0 Å². The molecule has 0 spiro atoms. The minimum atomic E-state index is 0.0824. The Hall–Kier alpha value is -1.35. The summed E-state index contributed by atoms with van der Waals surface area (Å²) in [5.74, 6) is 0. The number of hydrogen-bond acceptors (Lipinski definition) is 2. The summed E-state index contributed by atoms with van der Waals surface area (Å²) >= 11 is 0. The molecule has 0 fully saturated rings. The van der Waals surface area contributed by atoms with Crippen LogP contribution in [0.1, 0.15) is 24.2 Å². The van der Waals surface area contributed by atoms with Gasteiger partial charge in [-0.3, -0.25) is 4.68 Å². The van der Waals surface area contributed by atoms with Gasteiger partial charge in [0.15, 0.2) is 0 Å². The Morgan fingerprint density at radius 2 is 2.14 bits per heavy atom. The number of aryl methyl sites for hydroxylation is 2. The lowest BCUT2D eigenvalue weighted by atomic mass is 10.1. The van der Waals surface area contributed by atoms with Crippen molar-refractivity contribution in [3.63, 3.8) is 0 Å². The van der Waals surface area contributed by atoms with Gasteiger partial charge < -0.3 is 5.73 Å². The van der Waals surface area contributed by atoms with Gasteiger partial charge in [0.25, 0.3) is 0 Å². The molecule has 0 saturated heterocycles. The zero-order valence-electron chi connectivity index (χ0n) is 8.78. The van der Waals surface area contributed by atoms with E-state index in [1.165, 1.54) is 5.39 Å². The van der Waals surface area contributed by atoms with E-state index in [9.17, 15) is 0 Å². The first-order valence-electron chi connectivity index (χ1n) is 4.78. The van der Waals surface area contributed by atoms with Crippen molar-refractivity contribution in [3.05, 3.63) is 29.5 Å². The molecular formula is C11H15N3. The van der Waals surface area contributed by atoms with Gasteiger partial charge in [0, 0.05) is 18.5 Å². The molecule has 0 aliphatic carbocycles. The molecule has 1 unspecified atom stereocenters. The Bertz CT molecular complexity index is 469. The Balaban J connectivity index is 2.71. The zero-order valence-corrected chi connectivity index (χ0v) is 8.78. The van der Waals surface area contributed by atoms with Crippen LogP contribution in [0.25, 0.3) is 10.9 Å². The van der Waals surface area contributed by atoms with Gasteiger partial charge in [0.1, 0.15) is 0 Å². The molecule has 2 N–H and O–H groups in total. The fourth-order valence-electron chi connectivity index (χ4n) is 1.74. The number of fused-ring (bicyclic) bond motifs is 1. The number of benzene rings is 1. The molecule has 0 saturated carbocycles. The lowest BCUT2D eigenvalue weighted by Gasteiger charge is -2.05. The molecule has 0 radical (unpaired) electrons. The first kappa shape index (κ1) is 9.21. The molecule has 1 heterocycles. The maximum absolute atomic E-state index is 5.83. The van der Waals surface area contributed by atoms with Gasteiger partial charge in [-0.15, -0.1) is 0 Å². The van der Waals surface area contributed by atoms with Crippen molar-refractivity contribution in [2.24, 2.45) is 12.8 Å². The third-order valence-corrected chi connectivity index (χ3v) is 2.58. The predicted octanol–water partition coefficient (Wildman–Crippen LogP) is 1.90. The van der Waals surface area contributed by atoms with Gasteiger partial charge in [-0.1, -0.05) is 6.07 Å². The molecule has 1 aromatic carbocycles. The Labute approximate surface area is 83.5 Å².